The molecule has 2 aromatic heterocycles. The fourth-order valence-electron chi connectivity index (χ4n) is 4.03. The molecule has 2 bridgehead atoms. The second-order valence-electron chi connectivity index (χ2n) is 6.69. The average Bonchev–Trinajstić information content (AvgIpc) is 3.29. The molecule has 2 aromatic rings. The Balaban J connectivity index is 1.34. The Hall–Kier alpha value is -1.69. The van der Waals surface area contributed by atoms with Gasteiger partial charge in [0.25, 0.3) is 11.8 Å². The molecule has 122 valence electrons. The molecule has 23 heavy (non-hydrogen) atoms. The smallest absolute Gasteiger partial charge is 0.306 e. The first kappa shape index (κ1) is 14.9. The van der Waals surface area contributed by atoms with Crippen LogP contribution in [0.2, 0.25) is 0 Å². The molecule has 0 radical (unpaired) electrons. The van der Waals surface area contributed by atoms with Crippen molar-refractivity contribution in [3.63, 3.8) is 0 Å². The van der Waals surface area contributed by atoms with E-state index in [4.69, 9.17) is 9.15 Å². The Morgan fingerprint density at radius 1 is 1.43 bits per heavy atom. The normalized spacial score (nSPS) is 27.3. The first-order valence-electron chi connectivity index (χ1n) is 8.26. The summed E-state index contributed by atoms with van der Waals surface area (Å²) >= 11 is 1.54. The Morgan fingerprint density at radius 2 is 2.35 bits per heavy atom. The summed E-state index contributed by atoms with van der Waals surface area (Å²) in [5.41, 5.74) is 0. The van der Waals surface area contributed by atoms with E-state index in [0.29, 0.717) is 24.1 Å². The minimum Gasteiger partial charge on any atom is -0.453 e. The van der Waals surface area contributed by atoms with E-state index in [1.165, 1.54) is 37.0 Å². The van der Waals surface area contributed by atoms with Gasteiger partial charge in [-0.15, -0.1) is 21.5 Å². The van der Waals surface area contributed by atoms with Gasteiger partial charge in [-0.3, -0.25) is 4.79 Å². The second-order valence-corrected chi connectivity index (χ2v) is 7.64. The van der Waals surface area contributed by atoms with Crippen molar-refractivity contribution in [1.29, 1.82) is 0 Å². The van der Waals surface area contributed by atoms with E-state index in [1.807, 2.05) is 17.5 Å². The van der Waals surface area contributed by atoms with Gasteiger partial charge in [0.05, 0.1) is 4.88 Å². The molecule has 4 rings (SSSR count). The van der Waals surface area contributed by atoms with Crippen LogP contribution in [0.1, 0.15) is 51.0 Å². The van der Waals surface area contributed by atoms with Crippen molar-refractivity contribution >= 4 is 17.3 Å². The van der Waals surface area contributed by atoms with Crippen molar-refractivity contribution in [2.75, 3.05) is 0 Å². The number of fused-ring (bicyclic) bond motifs is 2. The van der Waals surface area contributed by atoms with Crippen molar-refractivity contribution in [3.05, 3.63) is 23.4 Å². The first-order valence-corrected chi connectivity index (χ1v) is 9.13. The lowest BCUT2D eigenvalue weighted by Crippen LogP contribution is -2.18. The molecule has 2 aliphatic rings. The third-order valence-electron chi connectivity index (χ3n) is 5.14. The van der Waals surface area contributed by atoms with Crippen molar-refractivity contribution < 1.29 is 13.9 Å². The van der Waals surface area contributed by atoms with Crippen molar-refractivity contribution in [3.8, 4) is 10.8 Å². The van der Waals surface area contributed by atoms with E-state index in [1.54, 1.807) is 6.92 Å². The van der Waals surface area contributed by atoms with Gasteiger partial charge in [-0.2, -0.15) is 0 Å². The molecule has 0 unspecified atom stereocenters. The number of ether oxygens (including phenoxy) is 1. The lowest BCUT2D eigenvalue weighted by Gasteiger charge is -2.21. The zero-order valence-electron chi connectivity index (χ0n) is 13.1. The lowest BCUT2D eigenvalue weighted by molar-refractivity contribution is -0.151. The highest BCUT2D eigenvalue weighted by Gasteiger charge is 2.40. The van der Waals surface area contributed by atoms with E-state index >= 15 is 0 Å². The van der Waals surface area contributed by atoms with E-state index < -0.39 is 6.10 Å². The van der Waals surface area contributed by atoms with Crippen LogP contribution in [-0.2, 0) is 9.53 Å². The standard InChI is InChI=1S/C17H20N2O3S/c1-10(16-18-19-17(22-16)14-3-2-6-23-14)21-15(20)9-13-8-11-4-5-12(13)7-11/h2-3,6,10-13H,4-5,7-9H2,1H3/t10-,11+,12+,13-/m1/s1. The predicted octanol–water partition coefficient (Wildman–Crippen LogP) is 4.23. The summed E-state index contributed by atoms with van der Waals surface area (Å²) in [5.74, 6) is 2.78. The molecular weight excluding hydrogens is 312 g/mol. The first-order chi connectivity index (χ1) is 11.2. The summed E-state index contributed by atoms with van der Waals surface area (Å²) in [6.07, 6.45) is 5.16. The number of hydrogen-bond acceptors (Lipinski definition) is 6. The van der Waals surface area contributed by atoms with Gasteiger partial charge in [-0.05, 0) is 55.4 Å². The molecule has 2 saturated carbocycles. The zero-order chi connectivity index (χ0) is 15.8. The molecule has 0 amide bonds. The maximum atomic E-state index is 12.2. The van der Waals surface area contributed by atoms with Crippen LogP contribution in [0.3, 0.4) is 0 Å². The predicted molar refractivity (Wildman–Crippen MR) is 85.7 cm³/mol. The Kier molecular flexibility index (Phi) is 3.93. The number of esters is 1. The van der Waals surface area contributed by atoms with E-state index in [2.05, 4.69) is 10.2 Å². The maximum Gasteiger partial charge on any atom is 0.306 e. The Labute approximate surface area is 139 Å². The molecule has 2 heterocycles. The Bertz CT molecular complexity index is 682. The molecule has 2 fully saturated rings. The molecule has 4 atom stereocenters. The van der Waals surface area contributed by atoms with Crippen molar-refractivity contribution in [1.82, 2.24) is 10.2 Å². The highest BCUT2D eigenvalue weighted by Crippen LogP contribution is 2.49. The number of aromatic nitrogens is 2. The van der Waals surface area contributed by atoms with Crippen LogP contribution in [0.4, 0.5) is 0 Å². The van der Waals surface area contributed by atoms with Crippen LogP contribution in [0.15, 0.2) is 21.9 Å². The molecule has 0 aromatic carbocycles. The molecular formula is C17H20N2O3S. The summed E-state index contributed by atoms with van der Waals surface area (Å²) in [6, 6.07) is 3.86. The fourth-order valence-corrected chi connectivity index (χ4v) is 4.68. The molecule has 6 heteroatoms. The minimum atomic E-state index is -0.498. The van der Waals surface area contributed by atoms with Crippen LogP contribution in [-0.4, -0.2) is 16.2 Å². The number of hydrogen-bond donors (Lipinski definition) is 0. The summed E-state index contributed by atoms with van der Waals surface area (Å²) in [7, 11) is 0. The van der Waals surface area contributed by atoms with Gasteiger partial charge in [0, 0.05) is 6.42 Å². The number of carbonyl (C=O) groups is 1. The van der Waals surface area contributed by atoms with Gasteiger partial charge >= 0.3 is 5.97 Å². The van der Waals surface area contributed by atoms with Crippen LogP contribution >= 0.6 is 11.3 Å². The molecule has 0 N–H and O–H groups in total. The maximum absolute atomic E-state index is 12.2. The number of thiophene rings is 1. The van der Waals surface area contributed by atoms with E-state index in [0.717, 1.165) is 16.7 Å². The molecule has 5 nitrogen and oxygen atoms in total. The highest BCUT2D eigenvalue weighted by molar-refractivity contribution is 7.13. The second kappa shape index (κ2) is 6.07. The summed E-state index contributed by atoms with van der Waals surface area (Å²) in [4.78, 5) is 13.1. The van der Waals surface area contributed by atoms with Gasteiger partial charge in [0.1, 0.15) is 0 Å². The SMILES string of the molecule is C[C@@H](OC(=O)C[C@H]1C[C@H]2CC[C@H]1C2)c1nnc(-c2cccs2)o1. The number of nitrogens with zero attached hydrogens (tertiary/aromatic N) is 2. The summed E-state index contributed by atoms with van der Waals surface area (Å²) in [6.45, 7) is 1.78. The van der Waals surface area contributed by atoms with Crippen LogP contribution in [0, 0.1) is 17.8 Å². The summed E-state index contributed by atoms with van der Waals surface area (Å²) in [5, 5.41) is 9.99. The van der Waals surface area contributed by atoms with Gasteiger partial charge in [0.2, 0.25) is 0 Å². The van der Waals surface area contributed by atoms with E-state index in [-0.39, 0.29) is 5.97 Å². The number of carbonyl (C=O) groups excluding carboxylic acids is 1. The van der Waals surface area contributed by atoms with Crippen LogP contribution < -0.4 is 0 Å². The average molecular weight is 332 g/mol. The fraction of sp³-hybridized carbons (Fsp3) is 0.588. The van der Waals surface area contributed by atoms with Gasteiger partial charge < -0.3 is 9.15 Å². The quantitative estimate of drug-likeness (QED) is 0.767. The van der Waals surface area contributed by atoms with Crippen LogP contribution in [0.25, 0.3) is 10.8 Å². The minimum absolute atomic E-state index is 0.147. The third-order valence-corrected chi connectivity index (χ3v) is 6.00. The molecule has 0 aliphatic heterocycles. The highest BCUT2D eigenvalue weighted by atomic mass is 32.1. The third kappa shape index (κ3) is 3.04. The molecule has 0 spiro atoms. The summed E-state index contributed by atoms with van der Waals surface area (Å²) < 4.78 is 11.1. The monoisotopic (exact) mass is 332 g/mol. The van der Waals surface area contributed by atoms with Gasteiger partial charge in [-0.1, -0.05) is 12.5 Å². The topological polar surface area (TPSA) is 65.2 Å². The van der Waals surface area contributed by atoms with Gasteiger partial charge in [0.15, 0.2) is 6.10 Å². The van der Waals surface area contributed by atoms with E-state index in [9.17, 15) is 4.79 Å². The van der Waals surface area contributed by atoms with Crippen molar-refractivity contribution in [2.24, 2.45) is 17.8 Å². The molecule has 0 saturated heterocycles. The lowest BCUT2D eigenvalue weighted by atomic mass is 9.86. The number of rotatable bonds is 5. The molecule has 2 aliphatic carbocycles. The Morgan fingerprint density at radius 3 is 3.04 bits per heavy atom. The van der Waals surface area contributed by atoms with Crippen molar-refractivity contribution in [2.45, 2.75) is 45.1 Å². The zero-order valence-corrected chi connectivity index (χ0v) is 13.9. The largest absolute Gasteiger partial charge is 0.453 e. The van der Waals surface area contributed by atoms with Crippen LogP contribution in [0.5, 0.6) is 0 Å². The van der Waals surface area contributed by atoms with Gasteiger partial charge in [-0.25, -0.2) is 0 Å².